The highest BCUT2D eigenvalue weighted by Crippen LogP contribution is 2.32. The third-order valence-corrected chi connectivity index (χ3v) is 7.37. The van der Waals surface area contributed by atoms with Crippen LogP contribution in [0.4, 0.5) is 0 Å². The lowest BCUT2D eigenvalue weighted by Crippen LogP contribution is -2.50. The van der Waals surface area contributed by atoms with E-state index in [0.717, 1.165) is 42.8 Å². The standard InChI is InChI=1S/C30H34N2O3/c1-22-7-9-23(10-8-22)19-32-18-16-28(30(32)34)31-17-15-27(29(33)20-31)25-11-13-26(14-12-25)35-21-24-5-3-2-4-6-24/h2-14,27-29,33H,15-21H2,1H3. The van der Waals surface area contributed by atoms with Crippen LogP contribution in [0.25, 0.3) is 0 Å². The van der Waals surface area contributed by atoms with Crippen LogP contribution in [0.5, 0.6) is 5.75 Å². The van der Waals surface area contributed by atoms with Gasteiger partial charge >= 0.3 is 0 Å². The van der Waals surface area contributed by atoms with Crippen LogP contribution in [0.3, 0.4) is 0 Å². The lowest BCUT2D eigenvalue weighted by atomic mass is 9.86. The van der Waals surface area contributed by atoms with Gasteiger partial charge in [-0.3, -0.25) is 9.69 Å². The van der Waals surface area contributed by atoms with Crippen LogP contribution in [0, 0.1) is 6.92 Å². The molecule has 0 saturated carbocycles. The third kappa shape index (κ3) is 5.58. The maximum absolute atomic E-state index is 13.1. The summed E-state index contributed by atoms with van der Waals surface area (Å²) < 4.78 is 5.90. The number of carbonyl (C=O) groups excluding carboxylic acids is 1. The average molecular weight is 471 g/mol. The van der Waals surface area contributed by atoms with E-state index in [1.54, 1.807) is 0 Å². The van der Waals surface area contributed by atoms with Crippen molar-refractivity contribution in [2.24, 2.45) is 0 Å². The van der Waals surface area contributed by atoms with Crippen LogP contribution in [0.2, 0.25) is 0 Å². The predicted molar refractivity (Wildman–Crippen MR) is 137 cm³/mol. The number of hydrogen-bond donors (Lipinski definition) is 1. The second-order valence-corrected chi connectivity index (χ2v) is 9.85. The van der Waals surface area contributed by atoms with E-state index in [4.69, 9.17) is 4.74 Å². The van der Waals surface area contributed by atoms with E-state index >= 15 is 0 Å². The molecule has 3 aromatic rings. The molecule has 2 heterocycles. The number of ether oxygens (including phenoxy) is 1. The Hall–Kier alpha value is -3.15. The van der Waals surface area contributed by atoms with Crippen molar-refractivity contribution in [2.45, 2.75) is 51.0 Å². The van der Waals surface area contributed by atoms with E-state index in [0.29, 0.717) is 19.7 Å². The molecule has 3 unspecified atom stereocenters. The Morgan fingerprint density at radius 3 is 2.34 bits per heavy atom. The number of likely N-dealkylation sites (tertiary alicyclic amines) is 2. The minimum Gasteiger partial charge on any atom is -0.489 e. The van der Waals surface area contributed by atoms with Gasteiger partial charge in [0.25, 0.3) is 0 Å². The van der Waals surface area contributed by atoms with Crippen molar-refractivity contribution in [1.82, 2.24) is 9.80 Å². The molecule has 1 amide bonds. The minimum absolute atomic E-state index is 0.0783. The molecule has 5 heteroatoms. The SMILES string of the molecule is Cc1ccc(CN2CCC(N3CCC(c4ccc(OCc5ccccc5)cc4)C(O)C3)C2=O)cc1. The van der Waals surface area contributed by atoms with Gasteiger partial charge in [-0.25, -0.2) is 0 Å². The Morgan fingerprint density at radius 2 is 1.63 bits per heavy atom. The molecule has 2 fully saturated rings. The Bertz CT molecular complexity index is 1110. The van der Waals surface area contributed by atoms with Crippen molar-refractivity contribution < 1.29 is 14.6 Å². The first kappa shape index (κ1) is 23.6. The summed E-state index contributed by atoms with van der Waals surface area (Å²) in [4.78, 5) is 17.3. The van der Waals surface area contributed by atoms with Gasteiger partial charge in [-0.05, 0) is 55.1 Å². The summed E-state index contributed by atoms with van der Waals surface area (Å²) in [6.07, 6.45) is 1.18. The first-order chi connectivity index (χ1) is 17.1. The lowest BCUT2D eigenvalue weighted by molar-refractivity contribution is -0.133. The molecular formula is C30H34N2O3. The number of amides is 1. The smallest absolute Gasteiger partial charge is 0.240 e. The molecule has 3 aromatic carbocycles. The minimum atomic E-state index is -0.487. The number of β-amino-alcohol motifs (C(OH)–C–C–N with tert-alkyl or cyclic N) is 1. The van der Waals surface area contributed by atoms with Crippen molar-refractivity contribution in [3.05, 3.63) is 101 Å². The molecule has 0 bridgehead atoms. The average Bonchev–Trinajstić information content (AvgIpc) is 3.25. The Kier molecular flexibility index (Phi) is 7.16. The lowest BCUT2D eigenvalue weighted by Gasteiger charge is -2.38. The molecule has 0 spiro atoms. The third-order valence-electron chi connectivity index (χ3n) is 7.37. The zero-order chi connectivity index (χ0) is 24.2. The van der Waals surface area contributed by atoms with Crippen LogP contribution in [-0.4, -0.2) is 52.6 Å². The van der Waals surface area contributed by atoms with Crippen LogP contribution < -0.4 is 4.74 Å². The van der Waals surface area contributed by atoms with E-state index in [1.165, 1.54) is 11.1 Å². The van der Waals surface area contributed by atoms with E-state index < -0.39 is 6.10 Å². The summed E-state index contributed by atoms with van der Waals surface area (Å²) in [6.45, 7) is 5.40. The number of piperidine rings is 1. The van der Waals surface area contributed by atoms with Crippen molar-refractivity contribution in [3.8, 4) is 5.75 Å². The number of hydrogen-bond acceptors (Lipinski definition) is 4. The van der Waals surface area contributed by atoms with Crippen LogP contribution in [0.15, 0.2) is 78.9 Å². The normalized spacial score (nSPS) is 23.0. The van der Waals surface area contributed by atoms with Gasteiger partial charge in [0.15, 0.2) is 0 Å². The van der Waals surface area contributed by atoms with Gasteiger partial charge in [0.1, 0.15) is 12.4 Å². The van der Waals surface area contributed by atoms with Gasteiger partial charge in [-0.1, -0.05) is 72.3 Å². The zero-order valence-corrected chi connectivity index (χ0v) is 20.3. The monoisotopic (exact) mass is 470 g/mol. The Labute approximate surface area is 208 Å². The van der Waals surface area contributed by atoms with Gasteiger partial charge in [-0.2, -0.15) is 0 Å². The topological polar surface area (TPSA) is 53.0 Å². The maximum Gasteiger partial charge on any atom is 0.240 e. The number of carbonyl (C=O) groups is 1. The number of aliphatic hydroxyl groups excluding tert-OH is 1. The van der Waals surface area contributed by atoms with Gasteiger partial charge in [0.2, 0.25) is 5.91 Å². The summed E-state index contributed by atoms with van der Waals surface area (Å²) in [5.74, 6) is 1.10. The Morgan fingerprint density at radius 1 is 0.886 bits per heavy atom. The first-order valence-electron chi connectivity index (χ1n) is 12.6. The predicted octanol–water partition coefficient (Wildman–Crippen LogP) is 4.53. The molecular weight excluding hydrogens is 436 g/mol. The number of benzene rings is 3. The second kappa shape index (κ2) is 10.6. The van der Waals surface area contributed by atoms with Gasteiger partial charge in [0.05, 0.1) is 12.1 Å². The number of aliphatic hydroxyl groups is 1. The van der Waals surface area contributed by atoms with Crippen molar-refractivity contribution in [1.29, 1.82) is 0 Å². The summed E-state index contributed by atoms with van der Waals surface area (Å²) in [7, 11) is 0. The molecule has 5 rings (SSSR count). The highest BCUT2D eigenvalue weighted by atomic mass is 16.5. The van der Waals surface area contributed by atoms with E-state index in [1.807, 2.05) is 35.2 Å². The summed E-state index contributed by atoms with van der Waals surface area (Å²) >= 11 is 0. The van der Waals surface area contributed by atoms with E-state index in [9.17, 15) is 9.90 Å². The molecule has 2 aliphatic heterocycles. The number of nitrogens with zero attached hydrogens (tertiary/aromatic N) is 2. The molecule has 5 nitrogen and oxygen atoms in total. The van der Waals surface area contributed by atoms with Crippen LogP contribution in [-0.2, 0) is 17.9 Å². The molecule has 2 saturated heterocycles. The van der Waals surface area contributed by atoms with Gasteiger partial charge in [-0.15, -0.1) is 0 Å². The molecule has 0 aromatic heterocycles. The largest absolute Gasteiger partial charge is 0.489 e. The van der Waals surface area contributed by atoms with Crippen molar-refractivity contribution >= 4 is 5.91 Å². The highest BCUT2D eigenvalue weighted by Gasteiger charge is 2.39. The number of rotatable bonds is 7. The molecule has 0 aliphatic carbocycles. The highest BCUT2D eigenvalue weighted by molar-refractivity contribution is 5.84. The molecule has 0 radical (unpaired) electrons. The second-order valence-electron chi connectivity index (χ2n) is 9.85. The molecule has 1 N–H and O–H groups in total. The molecule has 35 heavy (non-hydrogen) atoms. The number of aryl methyl sites for hydroxylation is 1. The maximum atomic E-state index is 13.1. The molecule has 2 aliphatic rings. The zero-order valence-electron chi connectivity index (χ0n) is 20.3. The first-order valence-corrected chi connectivity index (χ1v) is 12.6. The quantitative estimate of drug-likeness (QED) is 0.552. The molecule has 182 valence electrons. The van der Waals surface area contributed by atoms with Crippen LogP contribution in [0.1, 0.15) is 41.0 Å². The van der Waals surface area contributed by atoms with Gasteiger partial charge in [0, 0.05) is 25.6 Å². The van der Waals surface area contributed by atoms with Crippen LogP contribution >= 0.6 is 0 Å². The van der Waals surface area contributed by atoms with Crippen molar-refractivity contribution in [2.75, 3.05) is 19.6 Å². The fourth-order valence-corrected chi connectivity index (χ4v) is 5.31. The van der Waals surface area contributed by atoms with E-state index in [2.05, 4.69) is 60.4 Å². The fourth-order valence-electron chi connectivity index (χ4n) is 5.31. The fraction of sp³-hybridized carbons (Fsp3) is 0.367. The Balaban J connectivity index is 1.14. The summed E-state index contributed by atoms with van der Waals surface area (Å²) in [5.41, 5.74) is 4.66. The molecule has 3 atom stereocenters. The van der Waals surface area contributed by atoms with Crippen molar-refractivity contribution in [3.63, 3.8) is 0 Å². The van der Waals surface area contributed by atoms with Gasteiger partial charge < -0.3 is 14.7 Å². The summed E-state index contributed by atoms with van der Waals surface area (Å²) in [6, 6.07) is 26.5. The van der Waals surface area contributed by atoms with E-state index in [-0.39, 0.29) is 17.9 Å². The summed E-state index contributed by atoms with van der Waals surface area (Å²) in [5, 5.41) is 11.0.